The summed E-state index contributed by atoms with van der Waals surface area (Å²) in [6, 6.07) is 0. The van der Waals surface area contributed by atoms with Crippen LogP contribution in [0.5, 0.6) is 5.88 Å². The van der Waals surface area contributed by atoms with Crippen LogP contribution >= 0.6 is 0 Å². The monoisotopic (exact) mass is 252 g/mol. The third-order valence-corrected chi connectivity index (χ3v) is 1.89. The lowest BCUT2D eigenvalue weighted by molar-refractivity contribution is -0.390. The van der Waals surface area contributed by atoms with Crippen LogP contribution < -0.4 is 4.74 Å². The van der Waals surface area contributed by atoms with Crippen LogP contribution in [0.2, 0.25) is 0 Å². The van der Waals surface area contributed by atoms with E-state index in [0.29, 0.717) is 0 Å². The Morgan fingerprint density at radius 1 is 1.59 bits per heavy atom. The number of hydrogen-bond acceptors (Lipinski definition) is 5. The van der Waals surface area contributed by atoms with Crippen LogP contribution in [0.25, 0.3) is 0 Å². The van der Waals surface area contributed by atoms with Gasteiger partial charge in [-0.15, -0.1) is 13.2 Å². The predicted molar refractivity (Wildman–Crippen MR) is 48.2 cm³/mol. The number of rotatable bonds is 3. The molecule has 1 aromatic heterocycles. The highest BCUT2D eigenvalue weighted by Crippen LogP contribution is 2.34. The zero-order chi connectivity index (χ0) is 13.2. The molecule has 0 unspecified atom stereocenters. The molecule has 9 heteroatoms. The molecule has 1 N–H and O–H groups in total. The highest BCUT2D eigenvalue weighted by molar-refractivity contribution is 5.51. The fourth-order valence-corrected chi connectivity index (χ4v) is 1.18. The van der Waals surface area contributed by atoms with Gasteiger partial charge in [-0.3, -0.25) is 10.1 Å². The van der Waals surface area contributed by atoms with Gasteiger partial charge >= 0.3 is 17.9 Å². The zero-order valence-corrected chi connectivity index (χ0v) is 8.48. The lowest BCUT2D eigenvalue weighted by Crippen LogP contribution is -2.19. The summed E-state index contributed by atoms with van der Waals surface area (Å²) < 4.78 is 39.3. The summed E-state index contributed by atoms with van der Waals surface area (Å²) in [6.07, 6.45) is -4.13. The summed E-state index contributed by atoms with van der Waals surface area (Å²) in [6.45, 7) is 0.599. The minimum atomic E-state index is -5.08. The molecule has 1 heterocycles. The molecule has 94 valence electrons. The Labute approximate surface area is 92.8 Å². The normalized spacial score (nSPS) is 11.4. The standard InChI is InChI=1S/C8H7F3N2O4/c1-4-2-12-7(17-8(9,10)11)6(13(15)16)5(4)3-14/h2,14H,3H2,1H3. The smallest absolute Gasteiger partial charge is 0.391 e. The molecule has 0 aliphatic carbocycles. The SMILES string of the molecule is Cc1cnc(OC(F)(F)F)c([N+](=O)[O-])c1CO. The van der Waals surface area contributed by atoms with E-state index in [0.717, 1.165) is 6.20 Å². The maximum absolute atomic E-state index is 12.0. The first-order valence-electron chi connectivity index (χ1n) is 4.25. The molecule has 0 aromatic carbocycles. The van der Waals surface area contributed by atoms with E-state index in [4.69, 9.17) is 5.11 Å². The topological polar surface area (TPSA) is 85.5 Å². The van der Waals surface area contributed by atoms with Gasteiger partial charge in [-0.25, -0.2) is 4.98 Å². The molecule has 0 saturated carbocycles. The molecular weight excluding hydrogens is 245 g/mol. The number of pyridine rings is 1. The summed E-state index contributed by atoms with van der Waals surface area (Å²) in [5.74, 6) is -1.18. The van der Waals surface area contributed by atoms with Crippen molar-refractivity contribution in [3.05, 3.63) is 27.4 Å². The molecule has 6 nitrogen and oxygen atoms in total. The molecule has 0 fully saturated rings. The summed E-state index contributed by atoms with van der Waals surface area (Å²) in [5.41, 5.74) is -1.04. The summed E-state index contributed by atoms with van der Waals surface area (Å²) in [7, 11) is 0. The maximum Gasteiger partial charge on any atom is 0.574 e. The van der Waals surface area contributed by atoms with Gasteiger partial charge in [0, 0.05) is 6.20 Å². The molecule has 17 heavy (non-hydrogen) atoms. The van der Waals surface area contributed by atoms with E-state index in [2.05, 4.69) is 9.72 Å². The van der Waals surface area contributed by atoms with E-state index in [-0.39, 0.29) is 11.1 Å². The van der Waals surface area contributed by atoms with Gasteiger partial charge in [-0.2, -0.15) is 0 Å². The second-order valence-electron chi connectivity index (χ2n) is 3.04. The number of aryl methyl sites for hydroxylation is 1. The molecular formula is C8H7F3N2O4. The highest BCUT2D eigenvalue weighted by Gasteiger charge is 2.36. The molecule has 0 aliphatic rings. The van der Waals surface area contributed by atoms with E-state index in [1.54, 1.807) is 0 Å². The van der Waals surface area contributed by atoms with Gasteiger partial charge in [0.2, 0.25) is 0 Å². The van der Waals surface area contributed by atoms with Gasteiger partial charge < -0.3 is 9.84 Å². The zero-order valence-electron chi connectivity index (χ0n) is 8.48. The van der Waals surface area contributed by atoms with Crippen LogP contribution in [0.4, 0.5) is 18.9 Å². The third-order valence-electron chi connectivity index (χ3n) is 1.89. The second kappa shape index (κ2) is 4.53. The molecule has 0 bridgehead atoms. The van der Waals surface area contributed by atoms with Crippen LogP contribution in [0.1, 0.15) is 11.1 Å². The lowest BCUT2D eigenvalue weighted by atomic mass is 10.1. The van der Waals surface area contributed by atoms with Gasteiger partial charge in [0.1, 0.15) is 0 Å². The van der Waals surface area contributed by atoms with E-state index in [9.17, 15) is 23.3 Å². The number of aliphatic hydroxyl groups is 1. The Morgan fingerprint density at radius 3 is 2.59 bits per heavy atom. The largest absolute Gasteiger partial charge is 0.574 e. The van der Waals surface area contributed by atoms with Crippen molar-refractivity contribution in [3.63, 3.8) is 0 Å². The number of nitro groups is 1. The highest BCUT2D eigenvalue weighted by atomic mass is 19.4. The predicted octanol–water partition coefficient (Wildman–Crippen LogP) is 1.69. The number of hydrogen-bond donors (Lipinski definition) is 1. The fourth-order valence-electron chi connectivity index (χ4n) is 1.18. The van der Waals surface area contributed by atoms with Crippen molar-refractivity contribution in [2.24, 2.45) is 0 Å². The average molecular weight is 252 g/mol. The van der Waals surface area contributed by atoms with E-state index >= 15 is 0 Å². The molecule has 0 amide bonds. The molecule has 0 saturated heterocycles. The van der Waals surface area contributed by atoms with E-state index < -0.39 is 29.5 Å². The first-order chi connectivity index (χ1) is 7.76. The Kier molecular flexibility index (Phi) is 3.51. The number of ether oxygens (including phenoxy) is 1. The first kappa shape index (κ1) is 13.2. The Morgan fingerprint density at radius 2 is 2.18 bits per heavy atom. The number of aromatic nitrogens is 1. The average Bonchev–Trinajstić information content (AvgIpc) is 2.17. The second-order valence-corrected chi connectivity index (χ2v) is 3.04. The summed E-state index contributed by atoms with van der Waals surface area (Å²) in [5, 5.41) is 19.5. The van der Waals surface area contributed by atoms with Crippen molar-refractivity contribution in [1.29, 1.82) is 0 Å². The van der Waals surface area contributed by atoms with Crippen molar-refractivity contribution < 1.29 is 27.9 Å². The van der Waals surface area contributed by atoms with Gasteiger partial charge in [-0.1, -0.05) is 0 Å². The summed E-state index contributed by atoms with van der Waals surface area (Å²) >= 11 is 0. The Hall–Kier alpha value is -1.90. The Bertz CT molecular complexity index is 447. The van der Waals surface area contributed by atoms with Crippen LogP contribution in [-0.2, 0) is 6.61 Å². The van der Waals surface area contributed by atoms with Crippen molar-refractivity contribution in [2.75, 3.05) is 0 Å². The molecule has 0 spiro atoms. The lowest BCUT2D eigenvalue weighted by Gasteiger charge is -2.10. The van der Waals surface area contributed by atoms with Crippen molar-refractivity contribution in [1.82, 2.24) is 4.98 Å². The number of aliphatic hydroxyl groups excluding tert-OH is 1. The number of alkyl halides is 3. The number of nitrogens with zero attached hydrogens (tertiary/aromatic N) is 2. The van der Waals surface area contributed by atoms with Gasteiger partial charge in [-0.05, 0) is 12.5 Å². The van der Waals surface area contributed by atoms with Gasteiger partial charge in [0.15, 0.2) is 0 Å². The minimum absolute atomic E-state index is 0.203. The van der Waals surface area contributed by atoms with E-state index in [1.165, 1.54) is 6.92 Å². The third kappa shape index (κ3) is 3.03. The first-order valence-corrected chi connectivity index (χ1v) is 4.25. The van der Waals surface area contributed by atoms with Crippen LogP contribution in [0.15, 0.2) is 6.20 Å². The molecule has 1 rings (SSSR count). The van der Waals surface area contributed by atoms with Crippen molar-refractivity contribution >= 4 is 5.69 Å². The Balaban J connectivity index is 3.36. The van der Waals surface area contributed by atoms with E-state index in [1.807, 2.05) is 0 Å². The fraction of sp³-hybridized carbons (Fsp3) is 0.375. The van der Waals surface area contributed by atoms with Crippen LogP contribution in [0.3, 0.4) is 0 Å². The van der Waals surface area contributed by atoms with Crippen molar-refractivity contribution in [3.8, 4) is 5.88 Å². The van der Waals surface area contributed by atoms with Crippen molar-refractivity contribution in [2.45, 2.75) is 19.9 Å². The van der Waals surface area contributed by atoms with Crippen LogP contribution in [-0.4, -0.2) is 21.4 Å². The minimum Gasteiger partial charge on any atom is -0.391 e. The maximum atomic E-state index is 12.0. The molecule has 0 radical (unpaired) electrons. The van der Waals surface area contributed by atoms with Gasteiger partial charge in [0.25, 0.3) is 0 Å². The molecule has 0 atom stereocenters. The number of halogens is 3. The quantitative estimate of drug-likeness (QED) is 0.653. The molecule has 0 aliphatic heterocycles. The van der Waals surface area contributed by atoms with Crippen LogP contribution in [0, 0.1) is 17.0 Å². The van der Waals surface area contributed by atoms with Gasteiger partial charge in [0.05, 0.1) is 17.1 Å². The summed E-state index contributed by atoms with van der Waals surface area (Å²) in [4.78, 5) is 12.8. The molecule has 1 aromatic rings.